The van der Waals surface area contributed by atoms with Gasteiger partial charge >= 0.3 is 5.97 Å². The Morgan fingerprint density at radius 3 is 3.00 bits per heavy atom. The summed E-state index contributed by atoms with van der Waals surface area (Å²) in [6, 6.07) is 1.66. The van der Waals surface area contributed by atoms with Gasteiger partial charge in [0.15, 0.2) is 0 Å². The fourth-order valence-corrected chi connectivity index (χ4v) is 1.25. The van der Waals surface area contributed by atoms with E-state index < -0.39 is 5.97 Å². The van der Waals surface area contributed by atoms with Gasteiger partial charge in [-0.15, -0.1) is 0 Å². The van der Waals surface area contributed by atoms with Crippen LogP contribution in [-0.4, -0.2) is 27.8 Å². The highest BCUT2D eigenvalue weighted by molar-refractivity contribution is 5.92. The molecule has 2 aromatic heterocycles. The summed E-state index contributed by atoms with van der Waals surface area (Å²) in [4.78, 5) is 15.3. The summed E-state index contributed by atoms with van der Waals surface area (Å²) in [5.74, 6) is -0.398. The predicted octanol–water partition coefficient (Wildman–Crippen LogP) is 0.755. The summed E-state index contributed by atoms with van der Waals surface area (Å²) in [7, 11) is 3.14. The topological polar surface area (TPSA) is 57.0 Å². The molecule has 0 N–H and O–H groups in total. The molecule has 0 aliphatic carbocycles. The Hall–Kier alpha value is -1.91. The van der Waals surface area contributed by atoms with E-state index in [9.17, 15) is 4.79 Å². The van der Waals surface area contributed by atoms with Crippen LogP contribution in [0.5, 0.6) is 0 Å². The Morgan fingerprint density at radius 2 is 2.29 bits per heavy atom. The number of fused-ring (bicyclic) bond motifs is 1. The van der Waals surface area contributed by atoms with Crippen LogP contribution in [0.1, 0.15) is 10.4 Å². The Bertz CT molecular complexity index is 490. The van der Waals surface area contributed by atoms with E-state index in [1.165, 1.54) is 13.3 Å². The molecule has 0 saturated heterocycles. The van der Waals surface area contributed by atoms with Crippen molar-refractivity contribution in [2.45, 2.75) is 0 Å². The lowest BCUT2D eigenvalue weighted by atomic mass is 10.2. The maximum absolute atomic E-state index is 11.2. The van der Waals surface area contributed by atoms with E-state index in [2.05, 4.69) is 14.8 Å². The normalized spacial score (nSPS) is 10.4. The molecule has 0 atom stereocenters. The Morgan fingerprint density at radius 1 is 1.50 bits per heavy atom. The van der Waals surface area contributed by atoms with Crippen molar-refractivity contribution >= 4 is 17.0 Å². The molecule has 0 aliphatic rings. The summed E-state index contributed by atoms with van der Waals surface area (Å²) >= 11 is 0. The van der Waals surface area contributed by atoms with Gasteiger partial charge in [0.25, 0.3) is 0 Å². The van der Waals surface area contributed by atoms with Gasteiger partial charge in [-0.25, -0.2) is 4.79 Å². The summed E-state index contributed by atoms with van der Waals surface area (Å²) in [6.07, 6.45) is 3.27. The molecule has 2 aromatic rings. The Kier molecular flexibility index (Phi) is 1.92. The van der Waals surface area contributed by atoms with Gasteiger partial charge in [-0.05, 0) is 6.07 Å². The molecule has 0 aromatic carbocycles. The van der Waals surface area contributed by atoms with E-state index in [0.717, 1.165) is 5.52 Å². The van der Waals surface area contributed by atoms with Crippen molar-refractivity contribution in [3.8, 4) is 0 Å². The lowest BCUT2D eigenvalue weighted by molar-refractivity contribution is 0.0600. The SMILES string of the molecule is COC(=O)c1cnc2cn(C)nc2c1. The number of methoxy groups -OCH3 is 1. The molecule has 0 bridgehead atoms. The third-order valence-corrected chi connectivity index (χ3v) is 1.89. The number of carbonyl (C=O) groups excluding carboxylic acids is 1. The van der Waals surface area contributed by atoms with E-state index >= 15 is 0 Å². The van der Waals surface area contributed by atoms with E-state index in [4.69, 9.17) is 0 Å². The minimum Gasteiger partial charge on any atom is -0.465 e. The van der Waals surface area contributed by atoms with Crippen LogP contribution in [0.25, 0.3) is 11.0 Å². The highest BCUT2D eigenvalue weighted by Crippen LogP contribution is 2.11. The van der Waals surface area contributed by atoms with E-state index in [0.29, 0.717) is 11.1 Å². The van der Waals surface area contributed by atoms with Crippen molar-refractivity contribution in [3.05, 3.63) is 24.0 Å². The van der Waals surface area contributed by atoms with Gasteiger partial charge in [-0.1, -0.05) is 0 Å². The fourth-order valence-electron chi connectivity index (χ4n) is 1.25. The smallest absolute Gasteiger partial charge is 0.339 e. The van der Waals surface area contributed by atoms with E-state index in [1.807, 2.05) is 0 Å². The molecule has 2 rings (SSSR count). The van der Waals surface area contributed by atoms with Crippen LogP contribution in [0.15, 0.2) is 18.5 Å². The fraction of sp³-hybridized carbons (Fsp3) is 0.222. The van der Waals surface area contributed by atoms with Gasteiger partial charge in [-0.2, -0.15) is 5.10 Å². The third kappa shape index (κ3) is 1.32. The van der Waals surface area contributed by atoms with Gasteiger partial charge in [0.2, 0.25) is 0 Å². The van der Waals surface area contributed by atoms with E-state index in [-0.39, 0.29) is 0 Å². The Labute approximate surface area is 80.3 Å². The first-order valence-corrected chi connectivity index (χ1v) is 4.08. The molecule has 5 nitrogen and oxygen atoms in total. The molecule has 14 heavy (non-hydrogen) atoms. The first kappa shape index (κ1) is 8.68. The van der Waals surface area contributed by atoms with Gasteiger partial charge in [0.1, 0.15) is 11.0 Å². The summed E-state index contributed by atoms with van der Waals surface area (Å²) in [5.41, 5.74) is 1.87. The number of pyridine rings is 1. The maximum Gasteiger partial charge on any atom is 0.339 e. The number of esters is 1. The quantitative estimate of drug-likeness (QED) is 0.624. The first-order valence-electron chi connectivity index (χ1n) is 4.08. The molecule has 0 amide bonds. The zero-order valence-corrected chi connectivity index (χ0v) is 7.89. The molecule has 0 fully saturated rings. The van der Waals surface area contributed by atoms with Crippen LogP contribution in [0.3, 0.4) is 0 Å². The molecule has 0 aliphatic heterocycles. The van der Waals surface area contributed by atoms with Crippen molar-refractivity contribution in [2.24, 2.45) is 7.05 Å². The van der Waals surface area contributed by atoms with Crippen molar-refractivity contribution in [1.29, 1.82) is 0 Å². The largest absolute Gasteiger partial charge is 0.465 e. The number of rotatable bonds is 1. The average molecular weight is 191 g/mol. The summed E-state index contributed by atoms with van der Waals surface area (Å²) < 4.78 is 6.23. The lowest BCUT2D eigenvalue weighted by Crippen LogP contribution is -2.01. The summed E-state index contributed by atoms with van der Waals surface area (Å²) in [5, 5.41) is 4.14. The van der Waals surface area contributed by atoms with Crippen molar-refractivity contribution < 1.29 is 9.53 Å². The number of hydrogen-bond donors (Lipinski definition) is 0. The van der Waals surface area contributed by atoms with Crippen molar-refractivity contribution in [3.63, 3.8) is 0 Å². The molecule has 0 unspecified atom stereocenters. The van der Waals surface area contributed by atoms with Crippen LogP contribution >= 0.6 is 0 Å². The van der Waals surface area contributed by atoms with Crippen molar-refractivity contribution in [1.82, 2.24) is 14.8 Å². The van der Waals surface area contributed by atoms with Gasteiger partial charge in [0, 0.05) is 13.2 Å². The number of aromatic nitrogens is 3. The van der Waals surface area contributed by atoms with Crippen LogP contribution in [-0.2, 0) is 11.8 Å². The molecule has 5 heteroatoms. The van der Waals surface area contributed by atoms with Crippen LogP contribution < -0.4 is 0 Å². The molecule has 0 spiro atoms. The molecule has 72 valence electrons. The van der Waals surface area contributed by atoms with Gasteiger partial charge < -0.3 is 4.74 Å². The summed E-state index contributed by atoms with van der Waals surface area (Å²) in [6.45, 7) is 0. The second-order valence-corrected chi connectivity index (χ2v) is 2.92. The highest BCUT2D eigenvalue weighted by Gasteiger charge is 2.08. The van der Waals surface area contributed by atoms with Crippen LogP contribution in [0, 0.1) is 0 Å². The zero-order valence-electron chi connectivity index (χ0n) is 7.89. The second kappa shape index (κ2) is 3.10. The zero-order chi connectivity index (χ0) is 10.1. The number of hydrogen-bond acceptors (Lipinski definition) is 4. The second-order valence-electron chi connectivity index (χ2n) is 2.92. The minimum absolute atomic E-state index is 0.398. The molecule has 0 saturated carbocycles. The lowest BCUT2D eigenvalue weighted by Gasteiger charge is -1.96. The Balaban J connectivity index is 2.55. The first-order chi connectivity index (χ1) is 6.70. The average Bonchev–Trinajstić information content (AvgIpc) is 2.55. The monoisotopic (exact) mass is 191 g/mol. The highest BCUT2D eigenvalue weighted by atomic mass is 16.5. The van der Waals surface area contributed by atoms with Gasteiger partial charge in [-0.3, -0.25) is 9.67 Å². The molecular formula is C9H9N3O2. The predicted molar refractivity (Wildman–Crippen MR) is 49.8 cm³/mol. The number of nitrogens with zero attached hydrogens (tertiary/aromatic N) is 3. The number of ether oxygens (including phenoxy) is 1. The van der Waals surface area contributed by atoms with Crippen molar-refractivity contribution in [2.75, 3.05) is 7.11 Å². The maximum atomic E-state index is 11.2. The standard InChI is InChI=1S/C9H9N3O2/c1-12-5-8-7(11-12)3-6(4-10-8)9(13)14-2/h3-5H,1-2H3. The molecular weight excluding hydrogens is 182 g/mol. The third-order valence-electron chi connectivity index (χ3n) is 1.89. The number of aryl methyl sites for hydroxylation is 1. The van der Waals surface area contributed by atoms with Crippen LogP contribution in [0.4, 0.5) is 0 Å². The molecule has 0 radical (unpaired) electrons. The van der Waals surface area contributed by atoms with E-state index in [1.54, 1.807) is 24.0 Å². The van der Waals surface area contributed by atoms with Crippen LogP contribution in [0.2, 0.25) is 0 Å². The minimum atomic E-state index is -0.398. The number of carbonyl (C=O) groups is 1. The molecule has 2 heterocycles. The van der Waals surface area contributed by atoms with Gasteiger partial charge in [0.05, 0.1) is 18.9 Å².